The standard InChI is InChI=1S/C5H10O2.H2O/c1-5(3-4-5)7-6-2;/h3-4H2,1-2H3;1H2. The molecule has 1 aliphatic rings. The van der Waals surface area contributed by atoms with Crippen LogP contribution >= 0.6 is 0 Å². The molecule has 8 heavy (non-hydrogen) atoms. The van der Waals surface area contributed by atoms with Gasteiger partial charge in [0.05, 0.1) is 7.11 Å². The summed E-state index contributed by atoms with van der Waals surface area (Å²) in [4.78, 5) is 9.31. The molecule has 0 aliphatic heterocycles. The Morgan fingerprint density at radius 1 is 1.38 bits per heavy atom. The summed E-state index contributed by atoms with van der Waals surface area (Å²) in [6.07, 6.45) is 2.28. The van der Waals surface area contributed by atoms with Gasteiger partial charge in [0, 0.05) is 0 Å². The van der Waals surface area contributed by atoms with Gasteiger partial charge in [-0.1, -0.05) is 0 Å². The molecule has 0 aromatic rings. The van der Waals surface area contributed by atoms with E-state index < -0.39 is 0 Å². The van der Waals surface area contributed by atoms with E-state index in [0.717, 1.165) is 12.8 Å². The summed E-state index contributed by atoms with van der Waals surface area (Å²) in [5, 5.41) is 0. The van der Waals surface area contributed by atoms with Gasteiger partial charge in [-0.05, 0) is 19.8 Å². The van der Waals surface area contributed by atoms with Gasteiger partial charge in [0.1, 0.15) is 5.60 Å². The molecule has 50 valence electrons. The lowest BCUT2D eigenvalue weighted by Gasteiger charge is -2.03. The highest BCUT2D eigenvalue weighted by molar-refractivity contribution is 4.89. The van der Waals surface area contributed by atoms with Gasteiger partial charge in [-0.2, -0.15) is 0 Å². The van der Waals surface area contributed by atoms with Crippen molar-refractivity contribution >= 4 is 0 Å². The van der Waals surface area contributed by atoms with E-state index in [0.29, 0.717) is 0 Å². The van der Waals surface area contributed by atoms with E-state index in [1.807, 2.05) is 6.92 Å². The van der Waals surface area contributed by atoms with Gasteiger partial charge in [0.25, 0.3) is 0 Å². The second kappa shape index (κ2) is 2.44. The van der Waals surface area contributed by atoms with Crippen molar-refractivity contribution in [3.05, 3.63) is 0 Å². The molecule has 1 saturated carbocycles. The van der Waals surface area contributed by atoms with Gasteiger partial charge in [-0.15, -0.1) is 0 Å². The van der Waals surface area contributed by atoms with Crippen LogP contribution in [0.5, 0.6) is 0 Å². The van der Waals surface area contributed by atoms with E-state index in [-0.39, 0.29) is 11.1 Å². The van der Waals surface area contributed by atoms with Crippen molar-refractivity contribution < 1.29 is 15.3 Å². The lowest BCUT2D eigenvalue weighted by molar-refractivity contribution is -0.311. The van der Waals surface area contributed by atoms with E-state index in [1.54, 1.807) is 7.11 Å². The van der Waals surface area contributed by atoms with Crippen molar-refractivity contribution in [2.75, 3.05) is 7.11 Å². The largest absolute Gasteiger partial charge is 0.412 e. The smallest absolute Gasteiger partial charge is 0.101 e. The average molecular weight is 120 g/mol. The lowest BCUT2D eigenvalue weighted by atomic mass is 10.4. The van der Waals surface area contributed by atoms with Crippen LogP contribution in [0.4, 0.5) is 0 Å². The minimum absolute atomic E-state index is 0. The van der Waals surface area contributed by atoms with Crippen molar-refractivity contribution in [2.24, 2.45) is 0 Å². The quantitative estimate of drug-likeness (QED) is 0.388. The fourth-order valence-electron chi connectivity index (χ4n) is 0.461. The average Bonchev–Trinajstić information content (AvgIpc) is 2.22. The van der Waals surface area contributed by atoms with Crippen LogP contribution in [-0.4, -0.2) is 18.2 Å². The molecule has 0 unspecified atom stereocenters. The minimum atomic E-state index is 0. The molecule has 0 aromatic carbocycles. The Morgan fingerprint density at radius 3 is 2.00 bits per heavy atom. The highest BCUT2D eigenvalue weighted by Gasteiger charge is 2.39. The summed E-state index contributed by atoms with van der Waals surface area (Å²) in [6.45, 7) is 2.04. The fourth-order valence-corrected chi connectivity index (χ4v) is 0.461. The van der Waals surface area contributed by atoms with Crippen LogP contribution in [0.3, 0.4) is 0 Å². The Labute approximate surface area is 48.8 Å². The first-order chi connectivity index (χ1) is 3.27. The molecule has 2 N–H and O–H groups in total. The molecule has 1 fully saturated rings. The van der Waals surface area contributed by atoms with Crippen LogP contribution in [0.25, 0.3) is 0 Å². The zero-order valence-electron chi connectivity index (χ0n) is 5.23. The maximum Gasteiger partial charge on any atom is 0.101 e. The second-order valence-corrected chi connectivity index (χ2v) is 2.20. The van der Waals surface area contributed by atoms with Crippen LogP contribution < -0.4 is 0 Å². The third-order valence-electron chi connectivity index (χ3n) is 1.24. The molecule has 0 atom stereocenters. The Bertz CT molecular complexity index is 68.1. The van der Waals surface area contributed by atoms with Crippen molar-refractivity contribution in [3.63, 3.8) is 0 Å². The summed E-state index contributed by atoms with van der Waals surface area (Å²) in [6, 6.07) is 0. The molecule has 0 bridgehead atoms. The van der Waals surface area contributed by atoms with Gasteiger partial charge in [-0.3, -0.25) is 0 Å². The molecule has 1 aliphatic carbocycles. The molecule has 0 radical (unpaired) electrons. The third-order valence-corrected chi connectivity index (χ3v) is 1.24. The monoisotopic (exact) mass is 120 g/mol. The second-order valence-electron chi connectivity index (χ2n) is 2.20. The zero-order chi connectivity index (χ0) is 5.33. The highest BCUT2D eigenvalue weighted by Crippen LogP contribution is 2.38. The zero-order valence-corrected chi connectivity index (χ0v) is 5.23. The molecular formula is C5H12O3. The molecule has 3 heteroatoms. The molecule has 0 heterocycles. The third kappa shape index (κ3) is 1.78. The Balaban J connectivity index is 0.000000490. The van der Waals surface area contributed by atoms with Gasteiger partial charge in [-0.25, -0.2) is 9.78 Å². The predicted molar refractivity (Wildman–Crippen MR) is 29.3 cm³/mol. The molecule has 0 aromatic heterocycles. The van der Waals surface area contributed by atoms with Crippen molar-refractivity contribution in [2.45, 2.75) is 25.4 Å². The summed E-state index contributed by atoms with van der Waals surface area (Å²) in [5.41, 5.74) is 0.0781. The van der Waals surface area contributed by atoms with Gasteiger partial charge >= 0.3 is 0 Å². The number of hydrogen-bond donors (Lipinski definition) is 0. The van der Waals surface area contributed by atoms with E-state index >= 15 is 0 Å². The first-order valence-electron chi connectivity index (χ1n) is 2.49. The van der Waals surface area contributed by atoms with E-state index in [9.17, 15) is 0 Å². The highest BCUT2D eigenvalue weighted by atomic mass is 17.2. The van der Waals surface area contributed by atoms with Crippen LogP contribution in [0.2, 0.25) is 0 Å². The first-order valence-corrected chi connectivity index (χ1v) is 2.49. The van der Waals surface area contributed by atoms with Crippen LogP contribution in [0.15, 0.2) is 0 Å². The fraction of sp³-hybridized carbons (Fsp3) is 1.00. The van der Waals surface area contributed by atoms with E-state index in [2.05, 4.69) is 4.89 Å². The van der Waals surface area contributed by atoms with Crippen molar-refractivity contribution in [1.29, 1.82) is 0 Å². The van der Waals surface area contributed by atoms with E-state index in [1.165, 1.54) is 0 Å². The lowest BCUT2D eigenvalue weighted by Crippen LogP contribution is -2.05. The maximum absolute atomic E-state index is 4.84. The predicted octanol–water partition coefficient (Wildman–Crippen LogP) is 0.292. The maximum atomic E-state index is 4.84. The topological polar surface area (TPSA) is 50.0 Å². The van der Waals surface area contributed by atoms with Crippen molar-refractivity contribution in [1.82, 2.24) is 0 Å². The Hall–Kier alpha value is -0.120. The summed E-state index contributed by atoms with van der Waals surface area (Å²) in [7, 11) is 1.55. The molecule has 0 saturated heterocycles. The number of rotatable bonds is 2. The van der Waals surface area contributed by atoms with E-state index in [4.69, 9.17) is 4.89 Å². The molecule has 0 spiro atoms. The van der Waals surface area contributed by atoms with Gasteiger partial charge in [0.2, 0.25) is 0 Å². The molecule has 3 nitrogen and oxygen atoms in total. The Morgan fingerprint density at radius 2 is 1.88 bits per heavy atom. The molecular weight excluding hydrogens is 108 g/mol. The summed E-state index contributed by atoms with van der Waals surface area (Å²) >= 11 is 0. The van der Waals surface area contributed by atoms with Crippen LogP contribution in [0, 0.1) is 0 Å². The van der Waals surface area contributed by atoms with Crippen LogP contribution in [0.1, 0.15) is 19.8 Å². The van der Waals surface area contributed by atoms with Crippen molar-refractivity contribution in [3.8, 4) is 0 Å². The normalized spacial score (nSPS) is 21.8. The molecule has 0 amide bonds. The van der Waals surface area contributed by atoms with Gasteiger partial charge in [0.15, 0.2) is 0 Å². The Kier molecular flexibility index (Phi) is 2.40. The van der Waals surface area contributed by atoms with Crippen LogP contribution in [-0.2, 0) is 9.78 Å². The minimum Gasteiger partial charge on any atom is -0.412 e. The summed E-state index contributed by atoms with van der Waals surface area (Å²) < 4.78 is 0. The summed E-state index contributed by atoms with van der Waals surface area (Å²) in [5.74, 6) is 0. The van der Waals surface area contributed by atoms with Gasteiger partial charge < -0.3 is 5.48 Å². The number of hydrogen-bond acceptors (Lipinski definition) is 2. The molecule has 1 rings (SSSR count). The first kappa shape index (κ1) is 7.88. The SMILES string of the molecule is COOC1(C)CC1.O.